The van der Waals surface area contributed by atoms with E-state index >= 15 is 0 Å². The van der Waals surface area contributed by atoms with E-state index in [2.05, 4.69) is 4.98 Å². The van der Waals surface area contributed by atoms with Crippen molar-refractivity contribution >= 4 is 6.09 Å². The second-order valence-corrected chi connectivity index (χ2v) is 5.74. The molecule has 1 amide bonds. The van der Waals surface area contributed by atoms with Crippen molar-refractivity contribution < 1.29 is 15.0 Å². The van der Waals surface area contributed by atoms with E-state index in [-0.39, 0.29) is 36.4 Å². The molecule has 0 N–H and O–H groups in total. The van der Waals surface area contributed by atoms with Crippen molar-refractivity contribution in [1.82, 2.24) is 9.88 Å². The summed E-state index contributed by atoms with van der Waals surface area (Å²) in [4.78, 5) is 17.4. The van der Waals surface area contributed by atoms with Crippen molar-refractivity contribution in [3.05, 3.63) is 30.0 Å². The lowest BCUT2D eigenvalue weighted by Gasteiger charge is -2.33. The first-order chi connectivity index (χ1) is 10.6. The van der Waals surface area contributed by atoms with Crippen molar-refractivity contribution in [1.29, 1.82) is 0 Å². The molecule has 1 aromatic rings. The summed E-state index contributed by atoms with van der Waals surface area (Å²) in [6.45, 7) is 6.42. The molecule has 0 spiro atoms. The van der Waals surface area contributed by atoms with Crippen molar-refractivity contribution in [2.24, 2.45) is 0 Å². The van der Waals surface area contributed by atoms with Gasteiger partial charge in [-0.2, -0.15) is 0 Å². The van der Waals surface area contributed by atoms with Gasteiger partial charge in [-0.25, -0.2) is 4.79 Å². The highest BCUT2D eigenvalue weighted by atomic mass is 16.6. The molecule has 4 heteroatoms. The number of carbonyl (C=O) groups is 1. The highest BCUT2D eigenvalue weighted by Gasteiger charge is 2.27. The Morgan fingerprint density at radius 1 is 1.47 bits per heavy atom. The van der Waals surface area contributed by atoms with E-state index < -0.39 is 5.60 Å². The molecule has 2 heterocycles. The van der Waals surface area contributed by atoms with Crippen molar-refractivity contribution in [2.45, 2.75) is 45.1 Å². The van der Waals surface area contributed by atoms with Crippen LogP contribution in [0.25, 0.3) is 0 Å². The normalized spacial score (nSPS) is 20.3. The standard InChI is InChI=1S/C15H22N2O2/c1-15(2,3)19-14(18)17-9-6-12(7-10-17)13-5-4-8-16-11-13/h4-5,8,11-12H,6-7,9-10H2,1-3H3/i4D,5D,8D,11D. The minimum atomic E-state index is -0.537. The Hall–Kier alpha value is -1.58. The van der Waals surface area contributed by atoms with E-state index in [1.165, 1.54) is 0 Å². The fourth-order valence-corrected chi connectivity index (χ4v) is 2.11. The summed E-state index contributed by atoms with van der Waals surface area (Å²) in [5.41, 5.74) is -0.125. The lowest BCUT2D eigenvalue weighted by molar-refractivity contribution is 0.0205. The van der Waals surface area contributed by atoms with Crippen LogP contribution in [0.4, 0.5) is 4.79 Å². The number of aromatic nitrogens is 1. The maximum Gasteiger partial charge on any atom is 0.410 e. The molecule has 0 atom stereocenters. The fraction of sp³-hybridized carbons (Fsp3) is 0.600. The van der Waals surface area contributed by atoms with Gasteiger partial charge in [0.1, 0.15) is 5.60 Å². The van der Waals surface area contributed by atoms with E-state index in [9.17, 15) is 4.79 Å². The van der Waals surface area contributed by atoms with Crippen LogP contribution in [0.3, 0.4) is 0 Å². The Labute approximate surface area is 120 Å². The lowest BCUT2D eigenvalue weighted by atomic mass is 9.91. The molecular weight excluding hydrogens is 240 g/mol. The van der Waals surface area contributed by atoms with E-state index in [1.807, 2.05) is 20.8 Å². The highest BCUT2D eigenvalue weighted by Crippen LogP contribution is 2.27. The average Bonchev–Trinajstić information content (AvgIpc) is 2.44. The minimum Gasteiger partial charge on any atom is -0.444 e. The van der Waals surface area contributed by atoms with Crippen LogP contribution in [-0.4, -0.2) is 34.7 Å². The van der Waals surface area contributed by atoms with Gasteiger partial charge in [0, 0.05) is 25.4 Å². The molecule has 104 valence electrons. The SMILES string of the molecule is [2H]c1nc([2H])c(C2CCN(C(=O)OC(C)(C)C)CC2)c([2H])c1[2H]. The molecule has 1 aliphatic heterocycles. The van der Waals surface area contributed by atoms with Gasteiger partial charge in [-0.15, -0.1) is 0 Å². The second kappa shape index (κ2) is 5.59. The largest absolute Gasteiger partial charge is 0.444 e. The Kier molecular flexibility index (Phi) is 2.75. The minimum absolute atomic E-state index is 0.0918. The smallest absolute Gasteiger partial charge is 0.410 e. The topological polar surface area (TPSA) is 42.4 Å². The molecule has 4 nitrogen and oxygen atoms in total. The van der Waals surface area contributed by atoms with Crippen LogP contribution in [0.5, 0.6) is 0 Å². The first-order valence-electron chi connectivity index (χ1n) is 8.52. The molecule has 0 bridgehead atoms. The zero-order valence-electron chi connectivity index (χ0n) is 15.6. The van der Waals surface area contributed by atoms with Gasteiger partial charge in [0.25, 0.3) is 0 Å². The maximum atomic E-state index is 12.1. The molecule has 0 radical (unpaired) electrons. The molecule has 19 heavy (non-hydrogen) atoms. The fourth-order valence-electron chi connectivity index (χ4n) is 2.11. The molecule has 1 aliphatic rings. The molecule has 0 unspecified atom stereocenters. The van der Waals surface area contributed by atoms with Gasteiger partial charge in [0.05, 0.1) is 5.48 Å². The molecule has 0 aliphatic carbocycles. The first kappa shape index (κ1) is 9.34. The molecular formula is C15H22N2O2. The summed E-state index contributed by atoms with van der Waals surface area (Å²) in [7, 11) is 0. The summed E-state index contributed by atoms with van der Waals surface area (Å²) in [6, 6.07) is -0.337. The molecule has 0 aromatic carbocycles. The zero-order chi connectivity index (χ0) is 17.4. The van der Waals surface area contributed by atoms with Crippen molar-refractivity contribution in [2.75, 3.05) is 13.1 Å². The third-order valence-electron chi connectivity index (χ3n) is 3.04. The summed E-state index contributed by atoms with van der Waals surface area (Å²) in [5.74, 6) is -0.0918. The van der Waals surface area contributed by atoms with Gasteiger partial charge in [-0.3, -0.25) is 4.98 Å². The number of carbonyl (C=O) groups excluding carboxylic acids is 1. The highest BCUT2D eigenvalue weighted by molar-refractivity contribution is 5.68. The number of rotatable bonds is 1. The first-order valence-corrected chi connectivity index (χ1v) is 6.52. The van der Waals surface area contributed by atoms with Crippen LogP contribution in [0, 0.1) is 0 Å². The van der Waals surface area contributed by atoms with Gasteiger partial charge < -0.3 is 9.64 Å². The van der Waals surface area contributed by atoms with Crippen LogP contribution >= 0.6 is 0 Å². The number of pyridine rings is 1. The number of nitrogens with zero attached hydrogens (tertiary/aromatic N) is 2. The molecule has 1 fully saturated rings. The second-order valence-electron chi connectivity index (χ2n) is 5.74. The van der Waals surface area contributed by atoms with E-state index in [0.717, 1.165) is 0 Å². The third-order valence-corrected chi connectivity index (χ3v) is 3.04. The number of amides is 1. The maximum absolute atomic E-state index is 12.1. The third kappa shape index (κ3) is 3.94. The van der Waals surface area contributed by atoms with Crippen molar-refractivity contribution in [3.63, 3.8) is 0 Å². The zero-order valence-corrected chi connectivity index (χ0v) is 11.6. The van der Waals surface area contributed by atoms with Crippen molar-refractivity contribution in [3.8, 4) is 0 Å². The molecule has 1 saturated heterocycles. The van der Waals surface area contributed by atoms with E-state index in [1.54, 1.807) is 4.90 Å². The monoisotopic (exact) mass is 266 g/mol. The number of hydrogen-bond acceptors (Lipinski definition) is 3. The van der Waals surface area contributed by atoms with Crippen LogP contribution in [0.15, 0.2) is 24.4 Å². The molecule has 0 saturated carbocycles. The predicted octanol–water partition coefficient (Wildman–Crippen LogP) is 3.20. The number of hydrogen-bond donors (Lipinski definition) is 0. The Balaban J connectivity index is 2.08. The molecule has 2 rings (SSSR count). The van der Waals surface area contributed by atoms with Crippen LogP contribution in [-0.2, 0) is 4.74 Å². The van der Waals surface area contributed by atoms with Gasteiger partial charge in [0.15, 0.2) is 0 Å². The summed E-state index contributed by atoms with van der Waals surface area (Å²) in [6.07, 6.45) is 0.390. The number of likely N-dealkylation sites (tertiary alicyclic amines) is 1. The van der Waals surface area contributed by atoms with E-state index in [0.29, 0.717) is 31.5 Å². The quantitative estimate of drug-likeness (QED) is 0.784. The van der Waals surface area contributed by atoms with Gasteiger partial charge in [-0.1, -0.05) is 6.04 Å². The summed E-state index contributed by atoms with van der Waals surface area (Å²) >= 11 is 0. The molecule has 1 aromatic heterocycles. The Morgan fingerprint density at radius 3 is 2.79 bits per heavy atom. The lowest BCUT2D eigenvalue weighted by Crippen LogP contribution is -2.41. The van der Waals surface area contributed by atoms with Crippen LogP contribution in [0.2, 0.25) is 0 Å². The van der Waals surface area contributed by atoms with Gasteiger partial charge >= 0.3 is 6.09 Å². The Bertz CT molecular complexity index is 608. The predicted molar refractivity (Wildman–Crippen MR) is 74.0 cm³/mol. The average molecular weight is 266 g/mol. The Morgan fingerprint density at radius 2 is 2.16 bits per heavy atom. The summed E-state index contributed by atoms with van der Waals surface area (Å²) in [5, 5.41) is 0. The van der Waals surface area contributed by atoms with Gasteiger partial charge in [0.2, 0.25) is 0 Å². The van der Waals surface area contributed by atoms with Gasteiger partial charge in [-0.05, 0) is 51.1 Å². The van der Waals surface area contributed by atoms with Crippen LogP contribution < -0.4 is 0 Å². The number of ether oxygens (including phenoxy) is 1. The number of piperidine rings is 1. The van der Waals surface area contributed by atoms with Crippen LogP contribution in [0.1, 0.15) is 50.6 Å². The summed E-state index contributed by atoms with van der Waals surface area (Å²) < 4.78 is 36.4. The van der Waals surface area contributed by atoms with E-state index in [4.69, 9.17) is 10.2 Å².